The fourth-order valence-electron chi connectivity index (χ4n) is 2.39. The third-order valence-electron chi connectivity index (χ3n) is 3.65. The molecule has 1 fully saturated rings. The summed E-state index contributed by atoms with van der Waals surface area (Å²) in [6.07, 6.45) is 7.32. The van der Waals surface area contributed by atoms with Gasteiger partial charge in [0.1, 0.15) is 5.54 Å². The number of hydrogen-bond acceptors (Lipinski definition) is 4. The lowest BCUT2D eigenvalue weighted by atomic mass is 9.97. The van der Waals surface area contributed by atoms with Crippen molar-refractivity contribution in [3.05, 3.63) is 0 Å². The Hall–Kier alpha value is -0.610. The van der Waals surface area contributed by atoms with E-state index in [1.54, 1.807) is 0 Å². The lowest BCUT2D eigenvalue weighted by Gasteiger charge is -2.31. The van der Waals surface area contributed by atoms with Gasteiger partial charge in [-0.15, -0.1) is 0 Å². The maximum atomic E-state index is 12.1. The van der Waals surface area contributed by atoms with Crippen molar-refractivity contribution < 1.29 is 14.3 Å². The molecule has 0 aliphatic heterocycles. The molecule has 0 spiro atoms. The Bertz CT molecular complexity index is 264. The van der Waals surface area contributed by atoms with Crippen LogP contribution in [0.2, 0.25) is 0 Å². The number of hydrogen-bond donors (Lipinski definition) is 1. The molecular formula is C15H29NO3. The van der Waals surface area contributed by atoms with E-state index in [0.29, 0.717) is 19.3 Å². The lowest BCUT2D eigenvalue weighted by molar-refractivity contribution is -0.154. The zero-order valence-corrected chi connectivity index (χ0v) is 12.7. The van der Waals surface area contributed by atoms with Gasteiger partial charge >= 0.3 is 5.97 Å². The number of carbonyl (C=O) groups is 1. The summed E-state index contributed by atoms with van der Waals surface area (Å²) in [6.45, 7) is 7.40. The minimum atomic E-state index is -0.719. The molecule has 0 bridgehead atoms. The fourth-order valence-corrected chi connectivity index (χ4v) is 2.39. The van der Waals surface area contributed by atoms with Gasteiger partial charge in [0.25, 0.3) is 0 Å². The van der Waals surface area contributed by atoms with Crippen molar-refractivity contribution in [1.29, 1.82) is 0 Å². The topological polar surface area (TPSA) is 47.6 Å². The van der Waals surface area contributed by atoms with Crippen LogP contribution in [0, 0.1) is 0 Å². The van der Waals surface area contributed by atoms with Crippen LogP contribution in [0.25, 0.3) is 0 Å². The highest BCUT2D eigenvalue weighted by Crippen LogP contribution is 2.21. The van der Waals surface area contributed by atoms with Gasteiger partial charge in [-0.1, -0.05) is 26.2 Å². The van der Waals surface area contributed by atoms with Gasteiger partial charge < -0.3 is 14.8 Å². The van der Waals surface area contributed by atoms with Crippen LogP contribution >= 0.6 is 0 Å². The normalized spacial score (nSPS) is 19.9. The van der Waals surface area contributed by atoms with Crippen LogP contribution in [0.1, 0.15) is 59.3 Å². The minimum absolute atomic E-state index is 0.209. The molecular weight excluding hydrogens is 242 g/mol. The summed E-state index contributed by atoms with van der Waals surface area (Å²) in [5, 5.41) is 3.27. The van der Waals surface area contributed by atoms with Crippen molar-refractivity contribution in [1.82, 2.24) is 5.32 Å². The first-order chi connectivity index (χ1) is 9.12. The molecule has 112 valence electrons. The van der Waals surface area contributed by atoms with Crippen molar-refractivity contribution >= 4 is 5.97 Å². The van der Waals surface area contributed by atoms with Gasteiger partial charge in [0.2, 0.25) is 0 Å². The summed E-state index contributed by atoms with van der Waals surface area (Å²) in [6, 6.07) is 0. The molecule has 1 aliphatic rings. The van der Waals surface area contributed by atoms with Crippen molar-refractivity contribution in [3.63, 3.8) is 0 Å². The van der Waals surface area contributed by atoms with Crippen LogP contribution in [-0.2, 0) is 14.3 Å². The Morgan fingerprint density at radius 1 is 1.26 bits per heavy atom. The molecule has 0 aromatic heterocycles. The van der Waals surface area contributed by atoms with Gasteiger partial charge in [-0.3, -0.25) is 0 Å². The molecule has 0 saturated heterocycles. The molecule has 1 aliphatic carbocycles. The molecule has 0 aromatic carbocycles. The summed E-state index contributed by atoms with van der Waals surface area (Å²) < 4.78 is 11.1. The predicted octanol–water partition coefficient (Wildman–Crippen LogP) is 2.66. The lowest BCUT2D eigenvalue weighted by Crippen LogP contribution is -2.54. The second kappa shape index (κ2) is 8.54. The van der Waals surface area contributed by atoms with E-state index in [1.807, 2.05) is 13.8 Å². The zero-order chi connectivity index (χ0) is 14.1. The van der Waals surface area contributed by atoms with Gasteiger partial charge in [-0.2, -0.15) is 0 Å². The molecule has 0 aromatic rings. The smallest absolute Gasteiger partial charge is 0.328 e. The predicted molar refractivity (Wildman–Crippen MR) is 76.2 cm³/mol. The first kappa shape index (κ1) is 16.4. The van der Waals surface area contributed by atoms with Crippen molar-refractivity contribution in [2.24, 2.45) is 0 Å². The largest absolute Gasteiger partial charge is 0.465 e. The Balaban J connectivity index is 2.49. The third-order valence-corrected chi connectivity index (χ3v) is 3.65. The van der Waals surface area contributed by atoms with Crippen molar-refractivity contribution in [2.45, 2.75) is 70.9 Å². The van der Waals surface area contributed by atoms with Crippen LogP contribution in [0.4, 0.5) is 0 Å². The molecule has 0 radical (unpaired) electrons. The highest BCUT2D eigenvalue weighted by molar-refractivity contribution is 5.80. The number of ether oxygens (including phenoxy) is 2. The van der Waals surface area contributed by atoms with Gasteiger partial charge in [-0.05, 0) is 39.7 Å². The molecule has 4 heteroatoms. The minimum Gasteiger partial charge on any atom is -0.465 e. The Morgan fingerprint density at radius 3 is 2.53 bits per heavy atom. The number of rotatable bonds is 8. The van der Waals surface area contributed by atoms with Crippen LogP contribution in [0.15, 0.2) is 0 Å². The highest BCUT2D eigenvalue weighted by Gasteiger charge is 2.35. The second-order valence-electron chi connectivity index (χ2n) is 5.55. The molecule has 1 N–H and O–H groups in total. The highest BCUT2D eigenvalue weighted by atomic mass is 16.5. The monoisotopic (exact) mass is 271 g/mol. The molecule has 0 heterocycles. The van der Waals surface area contributed by atoms with E-state index < -0.39 is 5.54 Å². The van der Waals surface area contributed by atoms with E-state index in [0.717, 1.165) is 25.8 Å². The van der Waals surface area contributed by atoms with E-state index in [1.165, 1.54) is 19.3 Å². The third kappa shape index (κ3) is 5.49. The molecule has 1 atom stereocenters. The molecule has 0 amide bonds. The summed E-state index contributed by atoms with van der Waals surface area (Å²) in [5.41, 5.74) is -0.719. The van der Waals surface area contributed by atoms with Gasteiger partial charge in [0.15, 0.2) is 0 Å². The molecule has 4 nitrogen and oxygen atoms in total. The Labute approximate surface area is 117 Å². The van der Waals surface area contributed by atoms with E-state index in [9.17, 15) is 4.79 Å². The summed E-state index contributed by atoms with van der Waals surface area (Å²) in [5.74, 6) is -0.209. The van der Waals surface area contributed by atoms with Crippen LogP contribution in [0.3, 0.4) is 0 Å². The molecule has 1 unspecified atom stereocenters. The van der Waals surface area contributed by atoms with Crippen LogP contribution in [0.5, 0.6) is 0 Å². The summed E-state index contributed by atoms with van der Waals surface area (Å²) >= 11 is 0. The molecule has 1 rings (SSSR count). The Kier molecular flexibility index (Phi) is 7.39. The quantitative estimate of drug-likeness (QED) is 0.689. The fraction of sp³-hybridized carbons (Fsp3) is 0.933. The standard InChI is InChI=1S/C15H29NO3/c1-4-11-16-15(3,14(17)18-5-2)12-19-13-9-7-6-8-10-13/h13,16H,4-12H2,1-3H3. The number of carbonyl (C=O) groups excluding carboxylic acids is 1. The van der Waals surface area contributed by atoms with E-state index >= 15 is 0 Å². The first-order valence-corrected chi connectivity index (χ1v) is 7.66. The van der Waals surface area contributed by atoms with Gasteiger partial charge in [0.05, 0.1) is 19.3 Å². The average molecular weight is 271 g/mol. The summed E-state index contributed by atoms with van der Waals surface area (Å²) in [7, 11) is 0. The average Bonchev–Trinajstić information content (AvgIpc) is 2.44. The molecule has 1 saturated carbocycles. The summed E-state index contributed by atoms with van der Waals surface area (Å²) in [4.78, 5) is 12.1. The number of nitrogens with one attached hydrogen (secondary N) is 1. The Morgan fingerprint density at radius 2 is 1.95 bits per heavy atom. The van der Waals surface area contributed by atoms with Crippen LogP contribution < -0.4 is 5.32 Å². The van der Waals surface area contributed by atoms with E-state index in [2.05, 4.69) is 12.2 Å². The number of esters is 1. The first-order valence-electron chi connectivity index (χ1n) is 7.66. The van der Waals surface area contributed by atoms with Crippen molar-refractivity contribution in [2.75, 3.05) is 19.8 Å². The van der Waals surface area contributed by atoms with E-state index in [4.69, 9.17) is 9.47 Å². The second-order valence-corrected chi connectivity index (χ2v) is 5.55. The molecule has 19 heavy (non-hydrogen) atoms. The maximum absolute atomic E-state index is 12.1. The van der Waals surface area contributed by atoms with Gasteiger partial charge in [0, 0.05) is 0 Å². The SMILES string of the molecule is CCCNC(C)(COC1CCCCC1)C(=O)OCC. The van der Waals surface area contributed by atoms with E-state index in [-0.39, 0.29) is 5.97 Å². The zero-order valence-electron chi connectivity index (χ0n) is 12.7. The van der Waals surface area contributed by atoms with Gasteiger partial charge in [-0.25, -0.2) is 4.79 Å². The van der Waals surface area contributed by atoms with Crippen molar-refractivity contribution in [3.8, 4) is 0 Å². The van der Waals surface area contributed by atoms with Crippen LogP contribution in [-0.4, -0.2) is 37.4 Å². The maximum Gasteiger partial charge on any atom is 0.328 e.